The SMILES string of the molecule is COC(=O)CCC(=O)CSc1nnc(Br)n1-c1ccc(C2CC2)c2ccccc12.COC(=O)CN.O=C(O)CSc1nnc(Br)n1-c1ccc(C2CC2)c2ccccc12. The number of ketones is 1. The maximum atomic E-state index is 12.1. The van der Waals surface area contributed by atoms with E-state index < -0.39 is 5.97 Å². The molecule has 2 fully saturated rings. The molecule has 14 nitrogen and oxygen atoms in total. The summed E-state index contributed by atoms with van der Waals surface area (Å²) in [6.07, 6.45) is 5.25. The molecule has 0 bridgehead atoms. The zero-order valence-corrected chi connectivity index (χ0v) is 37.0. The third-order valence-electron chi connectivity index (χ3n) is 9.49. The van der Waals surface area contributed by atoms with Crippen molar-refractivity contribution in [3.63, 3.8) is 0 Å². The molecule has 2 aliphatic rings. The molecule has 0 spiro atoms. The van der Waals surface area contributed by atoms with Crippen LogP contribution in [0.1, 0.15) is 61.5 Å². The lowest BCUT2D eigenvalue weighted by Gasteiger charge is -2.13. The van der Waals surface area contributed by atoms with E-state index in [2.05, 4.69) is 122 Å². The van der Waals surface area contributed by atoms with E-state index >= 15 is 0 Å². The van der Waals surface area contributed by atoms with Gasteiger partial charge in [-0.05, 0) is 103 Å². The third-order valence-corrected chi connectivity index (χ3v) is 12.4. The fraction of sp³-hybridized carbons (Fsp3) is 0.317. The maximum Gasteiger partial charge on any atom is 0.319 e. The van der Waals surface area contributed by atoms with Gasteiger partial charge in [0.15, 0.2) is 10.3 Å². The lowest BCUT2D eigenvalue weighted by Crippen LogP contribution is -2.14. The predicted molar refractivity (Wildman–Crippen MR) is 233 cm³/mol. The third kappa shape index (κ3) is 11.2. The summed E-state index contributed by atoms with van der Waals surface area (Å²) in [5, 5.41) is 31.4. The Kier molecular flexibility index (Phi) is 15.3. The summed E-state index contributed by atoms with van der Waals surface area (Å²) in [6, 6.07) is 25.2. The molecule has 2 aliphatic carbocycles. The molecular formula is C41H41Br2N7O7S2. The van der Waals surface area contributed by atoms with Gasteiger partial charge in [0.05, 0.1) is 50.1 Å². The Bertz CT molecular complexity index is 2480. The van der Waals surface area contributed by atoms with Gasteiger partial charge >= 0.3 is 17.9 Å². The Morgan fingerprint density at radius 3 is 1.49 bits per heavy atom. The number of nitrogens with zero attached hydrogens (tertiary/aromatic N) is 6. The van der Waals surface area contributed by atoms with Gasteiger partial charge in [-0.25, -0.2) is 0 Å². The lowest BCUT2D eigenvalue weighted by atomic mass is 9.99. The Morgan fingerprint density at radius 2 is 1.10 bits per heavy atom. The molecule has 0 aliphatic heterocycles. The Balaban J connectivity index is 0.000000177. The number of carbonyl (C=O) groups excluding carboxylic acids is 3. The van der Waals surface area contributed by atoms with Crippen LogP contribution in [0.4, 0.5) is 0 Å². The number of Topliss-reactive ketones (excluding diaryl/α,β-unsaturated/α-hetero) is 1. The number of thioether (sulfide) groups is 2. The minimum Gasteiger partial charge on any atom is -0.481 e. The second kappa shape index (κ2) is 20.6. The molecule has 8 rings (SSSR count). The van der Waals surface area contributed by atoms with Crippen LogP contribution < -0.4 is 5.73 Å². The summed E-state index contributed by atoms with van der Waals surface area (Å²) in [4.78, 5) is 44.1. The summed E-state index contributed by atoms with van der Waals surface area (Å²) in [6.45, 7) is -0.0312. The van der Waals surface area contributed by atoms with Crippen molar-refractivity contribution in [3.05, 3.63) is 93.4 Å². The normalized spacial score (nSPS) is 13.2. The molecule has 4 aromatic carbocycles. The van der Waals surface area contributed by atoms with E-state index in [9.17, 15) is 19.2 Å². The number of benzene rings is 4. The van der Waals surface area contributed by atoms with E-state index in [0.29, 0.717) is 31.6 Å². The number of aliphatic carboxylic acids is 1. The maximum absolute atomic E-state index is 12.1. The molecule has 0 saturated heterocycles. The van der Waals surface area contributed by atoms with Gasteiger partial charge < -0.3 is 20.3 Å². The number of methoxy groups -OCH3 is 2. The highest BCUT2D eigenvalue weighted by molar-refractivity contribution is 9.10. The highest BCUT2D eigenvalue weighted by Gasteiger charge is 2.28. The predicted octanol–water partition coefficient (Wildman–Crippen LogP) is 8.03. The molecule has 0 radical (unpaired) electrons. The zero-order chi connectivity index (χ0) is 42.1. The van der Waals surface area contributed by atoms with Gasteiger partial charge in [0.2, 0.25) is 9.47 Å². The number of carboxylic acid groups (broad SMARTS) is 1. The molecule has 0 atom stereocenters. The number of ether oxygens (including phenoxy) is 2. The fourth-order valence-corrected chi connectivity index (χ4v) is 8.99. The number of fused-ring (bicyclic) bond motifs is 2. The quantitative estimate of drug-likeness (QED) is 0.0787. The molecule has 3 N–H and O–H groups in total. The topological polar surface area (TPSA) is 194 Å². The van der Waals surface area contributed by atoms with Gasteiger partial charge in [0, 0.05) is 17.2 Å². The molecule has 18 heteroatoms. The first-order valence-corrected chi connectivity index (χ1v) is 22.2. The van der Waals surface area contributed by atoms with Gasteiger partial charge in [0.1, 0.15) is 5.78 Å². The van der Waals surface area contributed by atoms with Crippen molar-refractivity contribution in [2.75, 3.05) is 32.3 Å². The minimum absolute atomic E-state index is 0.0278. The molecule has 59 heavy (non-hydrogen) atoms. The Hall–Kier alpha value is -4.62. The van der Waals surface area contributed by atoms with Crippen LogP contribution in [0.25, 0.3) is 32.9 Å². The highest BCUT2D eigenvalue weighted by Crippen LogP contribution is 2.45. The molecule has 6 aromatic rings. The highest BCUT2D eigenvalue weighted by atomic mass is 79.9. The summed E-state index contributed by atoms with van der Waals surface area (Å²) in [5.74, 6) is -0.177. The van der Waals surface area contributed by atoms with Crippen LogP contribution in [0, 0.1) is 0 Å². The first-order valence-electron chi connectivity index (χ1n) is 18.6. The van der Waals surface area contributed by atoms with Crippen LogP contribution in [-0.2, 0) is 28.7 Å². The van der Waals surface area contributed by atoms with Gasteiger partial charge in [-0.1, -0.05) is 84.2 Å². The number of carboxylic acids is 1. The van der Waals surface area contributed by atoms with Gasteiger partial charge in [-0.2, -0.15) is 0 Å². The first-order chi connectivity index (χ1) is 28.5. The van der Waals surface area contributed by atoms with Crippen LogP contribution in [0.5, 0.6) is 0 Å². The number of hydrogen-bond acceptors (Lipinski definition) is 13. The smallest absolute Gasteiger partial charge is 0.319 e. The number of esters is 2. The van der Waals surface area contributed by atoms with Crippen molar-refractivity contribution in [3.8, 4) is 11.4 Å². The molecule has 2 aromatic heterocycles. The van der Waals surface area contributed by atoms with Crippen LogP contribution in [-0.4, -0.2) is 90.6 Å². The monoisotopic (exact) mass is 965 g/mol. The second-order valence-corrected chi connectivity index (χ2v) is 16.8. The molecule has 308 valence electrons. The number of halogens is 2. The number of nitrogens with two attached hydrogens (primary N) is 1. The summed E-state index contributed by atoms with van der Waals surface area (Å²) < 4.78 is 13.7. The summed E-state index contributed by atoms with van der Waals surface area (Å²) in [7, 11) is 2.62. The number of rotatable bonds is 14. The van der Waals surface area contributed by atoms with E-state index in [0.717, 1.165) is 33.9 Å². The standard InChI is InChI=1S/C21H20BrN3O3S.C17H14BrN3O2S.C3H7NO2/c1-28-19(27)11-8-14(26)12-29-21-24-23-20(22)25(21)18-10-9-15(13-6-7-13)16-4-2-3-5-17(16)18;18-16-19-20-17(24-9-15(22)23)21(16)14-8-7-11(10-5-6-10)12-3-1-2-4-13(12)14;1-6-3(5)2-4/h2-5,9-10,13H,6-8,11-12H2,1H3;1-4,7-8,10H,5-6,9H2,(H,22,23);2,4H2,1H3. The molecule has 2 heterocycles. The van der Waals surface area contributed by atoms with Crippen molar-refractivity contribution < 1.29 is 33.8 Å². The van der Waals surface area contributed by atoms with Crippen molar-refractivity contribution >= 4 is 101 Å². The zero-order valence-electron chi connectivity index (χ0n) is 32.2. The molecule has 2 saturated carbocycles. The lowest BCUT2D eigenvalue weighted by molar-refractivity contribution is -0.141. The minimum atomic E-state index is -0.875. The van der Waals surface area contributed by atoms with E-state index in [-0.39, 0.29) is 48.6 Å². The second-order valence-electron chi connectivity index (χ2n) is 13.5. The fourth-order valence-electron chi connectivity index (χ4n) is 6.37. The van der Waals surface area contributed by atoms with E-state index in [1.165, 1.54) is 73.6 Å². The van der Waals surface area contributed by atoms with Crippen molar-refractivity contribution in [2.45, 2.75) is 60.7 Å². The largest absolute Gasteiger partial charge is 0.481 e. The summed E-state index contributed by atoms with van der Waals surface area (Å²) in [5.41, 5.74) is 9.52. The molecular weight excluding hydrogens is 926 g/mol. The van der Waals surface area contributed by atoms with Crippen molar-refractivity contribution in [1.29, 1.82) is 0 Å². The van der Waals surface area contributed by atoms with Crippen LogP contribution in [0.3, 0.4) is 0 Å². The molecule has 0 unspecified atom stereocenters. The van der Waals surface area contributed by atoms with Gasteiger partial charge in [-0.15, -0.1) is 20.4 Å². The van der Waals surface area contributed by atoms with Crippen LogP contribution in [0.15, 0.2) is 92.6 Å². The summed E-state index contributed by atoms with van der Waals surface area (Å²) >= 11 is 9.41. The van der Waals surface area contributed by atoms with Crippen LogP contribution >= 0.6 is 55.4 Å². The van der Waals surface area contributed by atoms with Crippen molar-refractivity contribution in [1.82, 2.24) is 29.5 Å². The Morgan fingerprint density at radius 1 is 0.661 bits per heavy atom. The van der Waals surface area contributed by atoms with E-state index in [1.807, 2.05) is 21.3 Å². The number of carbonyl (C=O) groups is 4. The van der Waals surface area contributed by atoms with E-state index in [4.69, 9.17) is 10.8 Å². The van der Waals surface area contributed by atoms with Gasteiger partial charge in [-0.3, -0.25) is 28.3 Å². The van der Waals surface area contributed by atoms with Gasteiger partial charge in [0.25, 0.3) is 0 Å². The van der Waals surface area contributed by atoms with E-state index in [1.54, 1.807) is 0 Å². The number of hydrogen-bond donors (Lipinski definition) is 2. The first kappa shape index (κ1) is 43.9. The van der Waals surface area contributed by atoms with Crippen LogP contribution in [0.2, 0.25) is 0 Å². The Labute approximate surface area is 365 Å². The average Bonchev–Trinajstić information content (AvgIpc) is 4.20. The average molecular weight is 968 g/mol. The number of aromatic nitrogens is 6. The van der Waals surface area contributed by atoms with Crippen molar-refractivity contribution in [2.24, 2.45) is 5.73 Å². The molecule has 0 amide bonds.